The van der Waals surface area contributed by atoms with E-state index in [1.165, 1.54) is 12.0 Å². The first-order valence-electron chi connectivity index (χ1n) is 29.6. The molecule has 0 saturated carbocycles. The number of ether oxygens (including phenoxy) is 9. The zero-order valence-electron chi connectivity index (χ0n) is 49.3. The molecule has 0 spiro atoms. The van der Waals surface area contributed by atoms with Crippen LogP contribution in [0.5, 0.6) is 0 Å². The van der Waals surface area contributed by atoms with Crippen molar-refractivity contribution in [2.24, 2.45) is 17.8 Å². The second kappa shape index (κ2) is 42.1. The fourth-order valence-corrected chi connectivity index (χ4v) is 9.44. The molecular weight excluding hydrogens is 1110 g/mol. The Morgan fingerprint density at radius 1 is 0.452 bits per heavy atom. The minimum absolute atomic E-state index is 0.00392. The Kier molecular flexibility index (Phi) is 37.3. The normalized spacial score (nSPS) is 28.2. The number of hydrogen-bond acceptors (Lipinski definition) is 24. The first-order valence-corrected chi connectivity index (χ1v) is 29.6. The third kappa shape index (κ3) is 27.0. The number of carbonyl (C=O) groups excluding carboxylic acids is 6. The standard InChI is InChI=1S/C55H99N5O24/c1-34-46(69)49(72)38(31-61)82-53(34)79-24-10-6-14-41(64)56-19-9-5-13-37(59-44(67)17-27-77-29-30-78-28-18-45(68)76-4)52(75)60(22-20-57-42(65)15-7-11-25-80-54-35(2)47(70)50(73)39(32-62)83-54)23-21-58-43(66)16-8-12-26-81-55-36(3)48(71)51(74)40(33-63)84-55/h34-40,46-51,53-55,61-63,69-74H,5-33H2,1-4H3,(H,56,64)(H,57,65)(H,58,66)(H,59,67). The van der Waals surface area contributed by atoms with Crippen molar-refractivity contribution in [3.05, 3.63) is 0 Å². The van der Waals surface area contributed by atoms with Crippen molar-refractivity contribution < 1.29 is 117 Å². The Hall–Kier alpha value is -3.86. The number of aliphatic hydroxyl groups is 9. The molecule has 0 radical (unpaired) electrons. The molecule has 13 N–H and O–H groups in total. The van der Waals surface area contributed by atoms with Gasteiger partial charge in [0.2, 0.25) is 29.5 Å². The van der Waals surface area contributed by atoms with Crippen molar-refractivity contribution in [1.29, 1.82) is 0 Å². The summed E-state index contributed by atoms with van der Waals surface area (Å²) < 4.78 is 49.5. The number of nitrogens with zero attached hydrogens (tertiary/aromatic N) is 1. The summed E-state index contributed by atoms with van der Waals surface area (Å²) in [6.45, 7) is 4.72. The topological polar surface area (TPSA) is 419 Å². The van der Waals surface area contributed by atoms with Crippen molar-refractivity contribution in [1.82, 2.24) is 26.2 Å². The van der Waals surface area contributed by atoms with Gasteiger partial charge in [0.1, 0.15) is 42.7 Å². The van der Waals surface area contributed by atoms with Gasteiger partial charge in [0.15, 0.2) is 18.9 Å². The molecule has 0 aromatic heterocycles. The van der Waals surface area contributed by atoms with Crippen LogP contribution in [0, 0.1) is 17.8 Å². The molecule has 3 rings (SSSR count). The predicted octanol–water partition coefficient (Wildman–Crippen LogP) is -3.41. The largest absolute Gasteiger partial charge is 0.469 e. The zero-order chi connectivity index (χ0) is 62.0. The summed E-state index contributed by atoms with van der Waals surface area (Å²) >= 11 is 0. The van der Waals surface area contributed by atoms with Gasteiger partial charge in [-0.2, -0.15) is 0 Å². The SMILES string of the molecule is COC(=O)CCOCCOCCC(=O)NC(CCCCNC(=O)CCCCOC1OC(CO)C(O)C(O)C1C)C(=O)N(CCNC(=O)CCCCOC1OC(CO)C(O)C(O)C1C)CCNC(=O)CCCCOC1OC(CO)C(O)C(O)C1C. The second-order valence-corrected chi connectivity index (χ2v) is 21.5. The van der Waals surface area contributed by atoms with Crippen LogP contribution in [0.3, 0.4) is 0 Å². The highest BCUT2D eigenvalue weighted by Gasteiger charge is 2.44. The van der Waals surface area contributed by atoms with Crippen molar-refractivity contribution >= 4 is 35.5 Å². The highest BCUT2D eigenvalue weighted by Crippen LogP contribution is 2.29. The van der Waals surface area contributed by atoms with E-state index >= 15 is 0 Å². The summed E-state index contributed by atoms with van der Waals surface area (Å²) in [5, 5.41) is 101. The second-order valence-electron chi connectivity index (χ2n) is 21.5. The van der Waals surface area contributed by atoms with Crippen molar-refractivity contribution in [2.75, 3.05) is 106 Å². The number of amides is 5. The highest BCUT2D eigenvalue weighted by molar-refractivity contribution is 5.88. The van der Waals surface area contributed by atoms with Crippen LogP contribution in [0.4, 0.5) is 0 Å². The molecule has 0 aromatic carbocycles. The van der Waals surface area contributed by atoms with Crippen LogP contribution in [0.15, 0.2) is 0 Å². The lowest BCUT2D eigenvalue weighted by atomic mass is 9.92. The van der Waals surface area contributed by atoms with Gasteiger partial charge in [-0.15, -0.1) is 0 Å². The molecule has 16 atom stereocenters. The summed E-state index contributed by atoms with van der Waals surface area (Å²) in [4.78, 5) is 79.4. The molecular formula is C55H99N5O24. The molecule has 3 fully saturated rings. The molecule has 488 valence electrons. The van der Waals surface area contributed by atoms with Crippen LogP contribution in [0.2, 0.25) is 0 Å². The first kappa shape index (κ1) is 74.4. The molecule has 3 aliphatic rings. The van der Waals surface area contributed by atoms with Crippen LogP contribution in [0.1, 0.15) is 111 Å². The minimum Gasteiger partial charge on any atom is -0.469 e. The number of nitrogens with one attached hydrogen (secondary N) is 4. The van der Waals surface area contributed by atoms with Crippen LogP contribution in [-0.2, 0) is 71.4 Å². The van der Waals surface area contributed by atoms with E-state index in [2.05, 4.69) is 26.0 Å². The van der Waals surface area contributed by atoms with Crippen LogP contribution in [0.25, 0.3) is 0 Å². The maximum absolute atomic E-state index is 14.5. The zero-order valence-corrected chi connectivity index (χ0v) is 49.3. The summed E-state index contributed by atoms with van der Waals surface area (Å²) in [6, 6.07) is -1.06. The fourth-order valence-electron chi connectivity index (χ4n) is 9.44. The molecule has 0 aliphatic carbocycles. The van der Waals surface area contributed by atoms with E-state index in [9.17, 15) is 74.7 Å². The Morgan fingerprint density at radius 2 is 0.833 bits per heavy atom. The van der Waals surface area contributed by atoms with Crippen LogP contribution >= 0.6 is 0 Å². The number of esters is 1. The average Bonchev–Trinajstić information content (AvgIpc) is 3.67. The highest BCUT2D eigenvalue weighted by atomic mass is 16.7. The Balaban J connectivity index is 1.58. The van der Waals surface area contributed by atoms with E-state index in [1.807, 2.05) is 0 Å². The monoisotopic (exact) mass is 1210 g/mol. The molecule has 5 amide bonds. The Bertz CT molecular complexity index is 1810. The van der Waals surface area contributed by atoms with E-state index < -0.39 is 135 Å². The Morgan fingerprint density at radius 3 is 1.21 bits per heavy atom. The number of carbonyl (C=O) groups is 6. The maximum atomic E-state index is 14.5. The number of rotatable bonds is 43. The van der Waals surface area contributed by atoms with Gasteiger partial charge in [0, 0.05) is 96.0 Å². The van der Waals surface area contributed by atoms with E-state index in [-0.39, 0.29) is 135 Å². The van der Waals surface area contributed by atoms with Gasteiger partial charge in [-0.05, 0) is 57.8 Å². The van der Waals surface area contributed by atoms with E-state index in [1.54, 1.807) is 20.8 Å². The van der Waals surface area contributed by atoms with Crippen LogP contribution in [-0.4, -0.2) is 272 Å². The van der Waals surface area contributed by atoms with E-state index in [0.717, 1.165) is 0 Å². The summed E-state index contributed by atoms with van der Waals surface area (Å²) in [5.41, 5.74) is 0. The summed E-state index contributed by atoms with van der Waals surface area (Å²) in [6.07, 6.45) is -8.81. The minimum atomic E-state index is -1.26. The number of aliphatic hydroxyl groups excluding tert-OH is 9. The molecule has 0 aromatic rings. The molecule has 3 saturated heterocycles. The molecule has 0 bridgehead atoms. The van der Waals surface area contributed by atoms with Gasteiger partial charge in [0.05, 0.1) is 78.1 Å². The van der Waals surface area contributed by atoms with Gasteiger partial charge < -0.3 is 115 Å². The van der Waals surface area contributed by atoms with Gasteiger partial charge in [0.25, 0.3) is 0 Å². The maximum Gasteiger partial charge on any atom is 0.307 e. The van der Waals surface area contributed by atoms with Crippen LogP contribution < -0.4 is 21.3 Å². The molecule has 3 heterocycles. The predicted molar refractivity (Wildman–Crippen MR) is 294 cm³/mol. The third-order valence-electron chi connectivity index (χ3n) is 14.9. The van der Waals surface area contributed by atoms with Gasteiger partial charge in [-0.25, -0.2) is 0 Å². The quantitative estimate of drug-likeness (QED) is 0.0209. The summed E-state index contributed by atoms with van der Waals surface area (Å²) in [7, 11) is 1.27. The van der Waals surface area contributed by atoms with Crippen molar-refractivity contribution in [2.45, 2.75) is 191 Å². The molecule has 29 heteroatoms. The smallest absolute Gasteiger partial charge is 0.307 e. The molecule has 29 nitrogen and oxygen atoms in total. The van der Waals surface area contributed by atoms with Crippen molar-refractivity contribution in [3.8, 4) is 0 Å². The lowest BCUT2D eigenvalue weighted by Crippen LogP contribution is -2.55. The van der Waals surface area contributed by atoms with Crippen molar-refractivity contribution in [3.63, 3.8) is 0 Å². The van der Waals surface area contributed by atoms with E-state index in [4.69, 9.17) is 37.9 Å². The fraction of sp³-hybridized carbons (Fsp3) is 0.891. The summed E-state index contributed by atoms with van der Waals surface area (Å²) in [5.74, 6) is -3.93. The van der Waals surface area contributed by atoms with E-state index in [0.29, 0.717) is 51.4 Å². The molecule has 3 aliphatic heterocycles. The lowest BCUT2D eigenvalue weighted by Gasteiger charge is -2.40. The number of unbranched alkanes of at least 4 members (excludes halogenated alkanes) is 4. The Labute approximate surface area is 492 Å². The number of methoxy groups -OCH3 is 1. The molecule has 16 unspecified atom stereocenters. The first-order chi connectivity index (χ1) is 40.3. The number of hydrogen-bond donors (Lipinski definition) is 13. The lowest BCUT2D eigenvalue weighted by molar-refractivity contribution is -0.282. The van der Waals surface area contributed by atoms with Gasteiger partial charge in [-0.1, -0.05) is 20.8 Å². The third-order valence-corrected chi connectivity index (χ3v) is 14.9. The van der Waals surface area contributed by atoms with Gasteiger partial charge in [-0.3, -0.25) is 28.8 Å². The van der Waals surface area contributed by atoms with Gasteiger partial charge >= 0.3 is 5.97 Å². The molecule has 84 heavy (non-hydrogen) atoms. The average molecular weight is 1210 g/mol.